The molecule has 1 aromatic rings. The first-order valence-corrected chi connectivity index (χ1v) is 5.47. The maximum atomic E-state index is 11.2. The second-order valence-electron chi connectivity index (χ2n) is 3.68. The van der Waals surface area contributed by atoms with Crippen molar-refractivity contribution in [2.45, 2.75) is 20.3 Å². The summed E-state index contributed by atoms with van der Waals surface area (Å²) in [5.41, 5.74) is 7.47. The van der Waals surface area contributed by atoms with Crippen LogP contribution in [0.25, 0.3) is 0 Å². The molecule has 4 N–H and O–H groups in total. The van der Waals surface area contributed by atoms with Crippen LogP contribution in [0.5, 0.6) is 0 Å². The van der Waals surface area contributed by atoms with Crippen molar-refractivity contribution in [2.75, 3.05) is 17.2 Å². The van der Waals surface area contributed by atoms with Crippen LogP contribution in [0.3, 0.4) is 0 Å². The molecule has 0 saturated carbocycles. The van der Waals surface area contributed by atoms with Crippen LogP contribution in [0.15, 0.2) is 18.2 Å². The number of halogens is 1. The highest BCUT2D eigenvalue weighted by Crippen LogP contribution is 2.20. The molecule has 6 heteroatoms. The molecule has 0 heterocycles. The molecule has 0 saturated heterocycles. The summed E-state index contributed by atoms with van der Waals surface area (Å²) in [5.74, 6) is -0.322. The molecular weight excluding hydrogens is 254 g/mol. The third-order valence-corrected chi connectivity index (χ3v) is 2.30. The number of benzene rings is 1. The number of amides is 2. The first-order chi connectivity index (χ1) is 8.06. The summed E-state index contributed by atoms with van der Waals surface area (Å²) in [5, 5.41) is 5.41. The fourth-order valence-electron chi connectivity index (χ4n) is 1.29. The van der Waals surface area contributed by atoms with Gasteiger partial charge < -0.3 is 16.4 Å². The minimum Gasteiger partial charge on any atom is -0.326 e. The van der Waals surface area contributed by atoms with E-state index in [1.54, 1.807) is 19.1 Å². The number of hydrogen-bond acceptors (Lipinski definition) is 3. The molecular formula is C12H18ClN3O2. The Morgan fingerprint density at radius 2 is 1.89 bits per heavy atom. The van der Waals surface area contributed by atoms with Crippen molar-refractivity contribution in [2.24, 2.45) is 5.73 Å². The van der Waals surface area contributed by atoms with E-state index in [1.165, 1.54) is 0 Å². The van der Waals surface area contributed by atoms with E-state index < -0.39 is 0 Å². The Kier molecular flexibility index (Phi) is 7.00. The average molecular weight is 272 g/mol. The van der Waals surface area contributed by atoms with Gasteiger partial charge in [0.05, 0.1) is 6.54 Å². The van der Waals surface area contributed by atoms with E-state index in [9.17, 15) is 9.59 Å². The third-order valence-electron chi connectivity index (χ3n) is 2.30. The van der Waals surface area contributed by atoms with Crippen LogP contribution in [0.1, 0.15) is 18.9 Å². The van der Waals surface area contributed by atoms with Crippen molar-refractivity contribution in [3.8, 4) is 0 Å². The van der Waals surface area contributed by atoms with Gasteiger partial charge in [-0.05, 0) is 24.6 Å². The number of hydrogen-bond donors (Lipinski definition) is 3. The molecule has 0 aliphatic rings. The third kappa shape index (κ3) is 4.73. The molecule has 0 aromatic heterocycles. The molecule has 0 unspecified atom stereocenters. The quantitative estimate of drug-likeness (QED) is 0.779. The van der Waals surface area contributed by atoms with Crippen molar-refractivity contribution < 1.29 is 9.59 Å². The summed E-state index contributed by atoms with van der Waals surface area (Å²) in [6, 6.07) is 5.34. The van der Waals surface area contributed by atoms with Crippen molar-refractivity contribution in [3.05, 3.63) is 23.8 Å². The summed E-state index contributed by atoms with van der Waals surface area (Å²) in [6.07, 6.45) is 0.415. The van der Waals surface area contributed by atoms with E-state index in [1.807, 2.05) is 13.0 Å². The Balaban J connectivity index is 0.00000289. The van der Waals surface area contributed by atoms with E-state index in [0.717, 1.165) is 5.56 Å². The monoisotopic (exact) mass is 271 g/mol. The van der Waals surface area contributed by atoms with Gasteiger partial charge in [0.15, 0.2) is 0 Å². The normalized spacial score (nSPS) is 9.28. The summed E-state index contributed by atoms with van der Waals surface area (Å²) in [7, 11) is 0. The summed E-state index contributed by atoms with van der Waals surface area (Å²) >= 11 is 0. The van der Waals surface area contributed by atoms with Crippen LogP contribution in [0, 0.1) is 6.92 Å². The molecule has 100 valence electrons. The molecule has 5 nitrogen and oxygen atoms in total. The smallest absolute Gasteiger partial charge is 0.238 e. The fourth-order valence-corrected chi connectivity index (χ4v) is 1.29. The Labute approximate surface area is 113 Å². The van der Waals surface area contributed by atoms with E-state index in [4.69, 9.17) is 5.73 Å². The molecule has 0 aliphatic carbocycles. The van der Waals surface area contributed by atoms with E-state index in [-0.39, 0.29) is 30.8 Å². The lowest BCUT2D eigenvalue weighted by atomic mass is 10.1. The van der Waals surface area contributed by atoms with Gasteiger partial charge in [0.1, 0.15) is 0 Å². The lowest BCUT2D eigenvalue weighted by Crippen LogP contribution is -2.22. The van der Waals surface area contributed by atoms with Crippen molar-refractivity contribution in [1.82, 2.24) is 0 Å². The largest absolute Gasteiger partial charge is 0.326 e. The van der Waals surface area contributed by atoms with Crippen LogP contribution >= 0.6 is 12.4 Å². The SMILES string of the molecule is CCC(=O)Nc1ccc(C)c(NC(=O)CN)c1.Cl. The molecule has 0 atom stereocenters. The Hall–Kier alpha value is -1.59. The highest BCUT2D eigenvalue weighted by molar-refractivity contribution is 5.95. The molecule has 0 aliphatic heterocycles. The van der Waals surface area contributed by atoms with E-state index >= 15 is 0 Å². The average Bonchev–Trinajstić information content (AvgIpc) is 2.33. The van der Waals surface area contributed by atoms with Crippen LogP contribution in [0.4, 0.5) is 11.4 Å². The standard InChI is InChI=1S/C12H17N3O2.ClH/c1-3-11(16)14-9-5-4-8(2)10(6-9)15-12(17)7-13;/h4-6H,3,7,13H2,1-2H3,(H,14,16)(H,15,17);1H. The zero-order valence-corrected chi connectivity index (χ0v) is 11.3. The van der Waals surface area contributed by atoms with Gasteiger partial charge in [0.2, 0.25) is 11.8 Å². The predicted molar refractivity (Wildman–Crippen MR) is 75.0 cm³/mol. The summed E-state index contributed by atoms with van der Waals surface area (Å²) in [4.78, 5) is 22.4. The number of carbonyl (C=O) groups is 2. The highest BCUT2D eigenvalue weighted by Gasteiger charge is 2.05. The second kappa shape index (κ2) is 7.68. The second-order valence-corrected chi connectivity index (χ2v) is 3.68. The zero-order chi connectivity index (χ0) is 12.8. The van der Waals surface area contributed by atoms with Gasteiger partial charge in [-0.25, -0.2) is 0 Å². The fraction of sp³-hybridized carbons (Fsp3) is 0.333. The lowest BCUT2D eigenvalue weighted by molar-refractivity contribution is -0.116. The molecule has 1 aromatic carbocycles. The molecule has 2 amide bonds. The van der Waals surface area contributed by atoms with Gasteiger partial charge in [0.25, 0.3) is 0 Å². The van der Waals surface area contributed by atoms with Crippen LogP contribution in [-0.4, -0.2) is 18.4 Å². The Morgan fingerprint density at radius 3 is 2.44 bits per heavy atom. The van der Waals surface area contributed by atoms with Crippen molar-refractivity contribution in [1.29, 1.82) is 0 Å². The Bertz CT molecular complexity index is 435. The number of aryl methyl sites for hydroxylation is 1. The molecule has 0 radical (unpaired) electrons. The Morgan fingerprint density at radius 1 is 1.22 bits per heavy atom. The number of rotatable bonds is 4. The lowest BCUT2D eigenvalue weighted by Gasteiger charge is -2.10. The molecule has 0 fully saturated rings. The van der Waals surface area contributed by atoms with Gasteiger partial charge >= 0.3 is 0 Å². The predicted octanol–water partition coefficient (Wildman–Crippen LogP) is 1.66. The molecule has 0 spiro atoms. The maximum absolute atomic E-state index is 11.2. The summed E-state index contributed by atoms with van der Waals surface area (Å²) < 4.78 is 0. The molecule has 0 bridgehead atoms. The van der Waals surface area contributed by atoms with Gasteiger partial charge in [0, 0.05) is 17.8 Å². The minimum atomic E-state index is -0.257. The van der Waals surface area contributed by atoms with Gasteiger partial charge in [-0.15, -0.1) is 12.4 Å². The van der Waals surface area contributed by atoms with E-state index in [0.29, 0.717) is 17.8 Å². The van der Waals surface area contributed by atoms with Crippen LogP contribution in [0.2, 0.25) is 0 Å². The molecule has 18 heavy (non-hydrogen) atoms. The number of anilines is 2. The van der Waals surface area contributed by atoms with Crippen LogP contribution in [-0.2, 0) is 9.59 Å². The van der Waals surface area contributed by atoms with Crippen molar-refractivity contribution >= 4 is 35.6 Å². The van der Waals surface area contributed by atoms with E-state index in [2.05, 4.69) is 10.6 Å². The zero-order valence-electron chi connectivity index (χ0n) is 10.4. The summed E-state index contributed by atoms with van der Waals surface area (Å²) in [6.45, 7) is 3.59. The number of carbonyl (C=O) groups excluding carboxylic acids is 2. The van der Waals surface area contributed by atoms with Crippen molar-refractivity contribution in [3.63, 3.8) is 0 Å². The number of nitrogens with one attached hydrogen (secondary N) is 2. The number of nitrogens with two attached hydrogens (primary N) is 1. The maximum Gasteiger partial charge on any atom is 0.238 e. The van der Waals surface area contributed by atoms with Crippen LogP contribution < -0.4 is 16.4 Å². The van der Waals surface area contributed by atoms with Gasteiger partial charge in [-0.3, -0.25) is 9.59 Å². The molecule has 1 rings (SSSR count). The van der Waals surface area contributed by atoms with Gasteiger partial charge in [-0.1, -0.05) is 13.0 Å². The minimum absolute atomic E-state index is 0. The first-order valence-electron chi connectivity index (χ1n) is 5.47. The van der Waals surface area contributed by atoms with Gasteiger partial charge in [-0.2, -0.15) is 0 Å². The topological polar surface area (TPSA) is 84.2 Å². The first kappa shape index (κ1) is 16.4. The highest BCUT2D eigenvalue weighted by atomic mass is 35.5.